The molecule has 2 N–H and O–H groups in total. The van der Waals surface area contributed by atoms with E-state index in [1.165, 1.54) is 12.1 Å². The lowest BCUT2D eigenvalue weighted by atomic mass is 9.97. The van der Waals surface area contributed by atoms with Crippen molar-refractivity contribution in [2.24, 2.45) is 0 Å². The summed E-state index contributed by atoms with van der Waals surface area (Å²) in [6, 6.07) is 18.4. The zero-order chi connectivity index (χ0) is 25.7. The van der Waals surface area contributed by atoms with Gasteiger partial charge in [-0.15, -0.1) is 0 Å². The van der Waals surface area contributed by atoms with Gasteiger partial charge in [0.05, 0.1) is 18.2 Å². The van der Waals surface area contributed by atoms with Crippen molar-refractivity contribution in [3.8, 4) is 22.5 Å². The first-order valence-electron chi connectivity index (χ1n) is 12.3. The van der Waals surface area contributed by atoms with E-state index in [-0.39, 0.29) is 30.2 Å². The summed E-state index contributed by atoms with van der Waals surface area (Å²) in [5.41, 5.74) is 3.80. The number of unbranched alkanes of at least 4 members (excludes halogenated alkanes) is 1. The lowest BCUT2D eigenvalue weighted by Crippen LogP contribution is -2.37. The number of aliphatic hydroxyl groups is 1. The summed E-state index contributed by atoms with van der Waals surface area (Å²) < 4.78 is 19.5. The van der Waals surface area contributed by atoms with Gasteiger partial charge in [-0.2, -0.15) is 0 Å². The van der Waals surface area contributed by atoms with Crippen LogP contribution >= 0.6 is 0 Å². The van der Waals surface area contributed by atoms with Crippen molar-refractivity contribution in [3.63, 3.8) is 0 Å². The van der Waals surface area contributed by atoms with Gasteiger partial charge in [-0.05, 0) is 66.1 Å². The highest BCUT2D eigenvalue weighted by Crippen LogP contribution is 2.37. The maximum Gasteiger partial charge on any atom is 0.251 e. The monoisotopic (exact) mass is 487 g/mol. The van der Waals surface area contributed by atoms with E-state index in [4.69, 9.17) is 4.42 Å². The number of ketones is 1. The lowest BCUT2D eigenvalue weighted by molar-refractivity contribution is 0.0911. The molecule has 0 saturated heterocycles. The van der Waals surface area contributed by atoms with Crippen LogP contribution in [0.4, 0.5) is 4.39 Å². The number of hydrogen-bond acceptors (Lipinski definition) is 4. The summed E-state index contributed by atoms with van der Waals surface area (Å²) in [4.78, 5) is 25.8. The minimum Gasteiger partial charge on any atom is -0.455 e. The number of carbonyl (C=O) groups is 2. The molecule has 1 atom stereocenters. The maximum atomic E-state index is 13.5. The molecule has 0 aliphatic carbocycles. The van der Waals surface area contributed by atoms with Crippen LogP contribution in [0.2, 0.25) is 0 Å². The van der Waals surface area contributed by atoms with Crippen LogP contribution in [-0.4, -0.2) is 29.4 Å². The molecule has 0 fully saturated rings. The van der Waals surface area contributed by atoms with E-state index in [2.05, 4.69) is 12.2 Å². The highest BCUT2D eigenvalue weighted by atomic mass is 19.1. The van der Waals surface area contributed by atoms with Gasteiger partial charge in [0.15, 0.2) is 5.78 Å². The fraction of sp³-hybridized carbons (Fsp3) is 0.267. The number of aliphatic hydroxyl groups excluding tert-OH is 1. The standard InChI is InChI=1S/C30H30FNO4/c1-3-5-9-24(18-33)32-30(35)22-8-6-7-20(16-22)21-12-15-27-25(17-21)28(26(34)4-2)29(36-27)19-10-13-23(31)14-11-19/h6-8,10-17,24,33H,3-5,9,18H2,1-2H3,(H,32,35)/t24-/m1/s1. The number of rotatable bonds is 10. The summed E-state index contributed by atoms with van der Waals surface area (Å²) >= 11 is 0. The Hall–Kier alpha value is -3.77. The Balaban J connectivity index is 1.71. The topological polar surface area (TPSA) is 79.5 Å². The molecule has 0 spiro atoms. The average Bonchev–Trinajstić information content (AvgIpc) is 3.29. The van der Waals surface area contributed by atoms with E-state index in [1.54, 1.807) is 31.2 Å². The van der Waals surface area contributed by atoms with E-state index < -0.39 is 0 Å². The molecule has 0 radical (unpaired) electrons. The summed E-state index contributed by atoms with van der Waals surface area (Å²) in [6.07, 6.45) is 2.94. The van der Waals surface area contributed by atoms with Gasteiger partial charge in [0.1, 0.15) is 17.2 Å². The normalized spacial score (nSPS) is 12.0. The number of Topliss-reactive ketones (excluding diaryl/α,β-unsaturated/α-hetero) is 1. The molecule has 4 rings (SSSR count). The second-order valence-corrected chi connectivity index (χ2v) is 8.88. The molecule has 0 aliphatic heterocycles. The van der Waals surface area contributed by atoms with Gasteiger partial charge < -0.3 is 14.8 Å². The Morgan fingerprint density at radius 2 is 1.69 bits per heavy atom. The maximum absolute atomic E-state index is 13.5. The van der Waals surface area contributed by atoms with Crippen molar-refractivity contribution >= 4 is 22.7 Å². The van der Waals surface area contributed by atoms with Crippen molar-refractivity contribution in [1.29, 1.82) is 0 Å². The molecule has 0 aliphatic rings. The average molecular weight is 488 g/mol. The number of amides is 1. The molecule has 5 nitrogen and oxygen atoms in total. The summed E-state index contributed by atoms with van der Waals surface area (Å²) in [5.74, 6) is -0.248. The number of carbonyl (C=O) groups excluding carboxylic acids is 2. The molecule has 1 amide bonds. The Morgan fingerprint density at radius 1 is 0.972 bits per heavy atom. The number of hydrogen-bond donors (Lipinski definition) is 2. The highest BCUT2D eigenvalue weighted by Gasteiger charge is 2.22. The molecule has 6 heteroatoms. The van der Waals surface area contributed by atoms with Gasteiger partial charge in [0.25, 0.3) is 5.91 Å². The number of fused-ring (bicyclic) bond motifs is 1. The second kappa shape index (κ2) is 11.3. The first-order chi connectivity index (χ1) is 17.4. The molecule has 36 heavy (non-hydrogen) atoms. The molecule has 3 aromatic carbocycles. The molecule has 1 aromatic heterocycles. The van der Waals surface area contributed by atoms with Crippen LogP contribution in [0, 0.1) is 5.82 Å². The van der Waals surface area contributed by atoms with Crippen LogP contribution in [0.1, 0.15) is 60.2 Å². The largest absolute Gasteiger partial charge is 0.455 e. The van der Waals surface area contributed by atoms with Crippen LogP contribution in [-0.2, 0) is 0 Å². The van der Waals surface area contributed by atoms with Crippen LogP contribution in [0.3, 0.4) is 0 Å². The third-order valence-electron chi connectivity index (χ3n) is 6.31. The van der Waals surface area contributed by atoms with Gasteiger partial charge >= 0.3 is 0 Å². The molecule has 0 unspecified atom stereocenters. The van der Waals surface area contributed by atoms with Gasteiger partial charge in [-0.1, -0.05) is 44.9 Å². The number of halogens is 1. The van der Waals surface area contributed by atoms with E-state index in [0.717, 1.165) is 30.4 Å². The molecule has 0 bridgehead atoms. The third-order valence-corrected chi connectivity index (χ3v) is 6.31. The zero-order valence-corrected chi connectivity index (χ0v) is 20.5. The molecular formula is C30H30FNO4. The van der Waals surface area contributed by atoms with Crippen molar-refractivity contribution in [3.05, 3.63) is 83.7 Å². The third kappa shape index (κ3) is 5.39. The van der Waals surface area contributed by atoms with Crippen molar-refractivity contribution in [2.45, 2.75) is 45.6 Å². The number of furan rings is 1. The fourth-order valence-corrected chi connectivity index (χ4v) is 4.30. The SMILES string of the molecule is CCCC[C@H](CO)NC(=O)c1cccc(-c2ccc3oc(-c4ccc(F)cc4)c(C(=O)CC)c3c2)c1. The fourth-order valence-electron chi connectivity index (χ4n) is 4.30. The number of benzene rings is 3. The summed E-state index contributed by atoms with van der Waals surface area (Å²) in [5, 5.41) is 13.2. The summed E-state index contributed by atoms with van der Waals surface area (Å²) in [7, 11) is 0. The quantitative estimate of drug-likeness (QED) is 0.242. The predicted molar refractivity (Wildman–Crippen MR) is 140 cm³/mol. The van der Waals surface area contributed by atoms with Crippen molar-refractivity contribution in [1.82, 2.24) is 5.32 Å². The highest BCUT2D eigenvalue weighted by molar-refractivity contribution is 6.12. The number of nitrogens with one attached hydrogen (secondary N) is 1. The second-order valence-electron chi connectivity index (χ2n) is 8.88. The van der Waals surface area contributed by atoms with Crippen LogP contribution in [0.25, 0.3) is 33.4 Å². The minimum absolute atomic E-state index is 0.0690. The Morgan fingerprint density at radius 3 is 2.39 bits per heavy atom. The molecule has 186 valence electrons. The van der Waals surface area contributed by atoms with E-state index >= 15 is 0 Å². The Kier molecular flexibility index (Phi) is 7.96. The molecule has 4 aromatic rings. The van der Waals surface area contributed by atoms with Gasteiger partial charge in [0.2, 0.25) is 0 Å². The lowest BCUT2D eigenvalue weighted by Gasteiger charge is -2.16. The first-order valence-corrected chi connectivity index (χ1v) is 12.3. The van der Waals surface area contributed by atoms with Gasteiger partial charge in [0, 0.05) is 22.9 Å². The van der Waals surface area contributed by atoms with Gasteiger partial charge in [-0.3, -0.25) is 9.59 Å². The Labute approximate surface area is 210 Å². The van der Waals surface area contributed by atoms with Crippen molar-refractivity contribution < 1.29 is 23.5 Å². The van der Waals surface area contributed by atoms with Crippen LogP contribution < -0.4 is 5.32 Å². The van der Waals surface area contributed by atoms with E-state index in [1.807, 2.05) is 30.3 Å². The minimum atomic E-state index is -0.361. The first kappa shape index (κ1) is 25.3. The van der Waals surface area contributed by atoms with Gasteiger partial charge in [-0.25, -0.2) is 4.39 Å². The Bertz CT molecular complexity index is 1370. The van der Waals surface area contributed by atoms with E-state index in [9.17, 15) is 19.1 Å². The molecule has 0 saturated carbocycles. The van der Waals surface area contributed by atoms with Crippen LogP contribution in [0.5, 0.6) is 0 Å². The van der Waals surface area contributed by atoms with E-state index in [0.29, 0.717) is 39.8 Å². The predicted octanol–water partition coefficient (Wildman–Crippen LogP) is 6.78. The molecule has 1 heterocycles. The zero-order valence-electron chi connectivity index (χ0n) is 20.5. The smallest absolute Gasteiger partial charge is 0.251 e. The van der Waals surface area contributed by atoms with Crippen LogP contribution in [0.15, 0.2) is 71.1 Å². The summed E-state index contributed by atoms with van der Waals surface area (Å²) in [6.45, 7) is 3.76. The van der Waals surface area contributed by atoms with Crippen molar-refractivity contribution in [2.75, 3.05) is 6.61 Å². The molecular weight excluding hydrogens is 457 g/mol.